The summed E-state index contributed by atoms with van der Waals surface area (Å²) >= 11 is 0. The van der Waals surface area contributed by atoms with Crippen molar-refractivity contribution < 1.29 is 9.47 Å². The minimum absolute atomic E-state index is 0.379. The highest BCUT2D eigenvalue weighted by atomic mass is 16.5. The molecule has 0 aliphatic rings. The molecule has 0 bridgehead atoms. The molecule has 110 valence electrons. The molecule has 1 unspecified atom stereocenters. The van der Waals surface area contributed by atoms with Crippen LogP contribution in [0.25, 0.3) is 0 Å². The predicted molar refractivity (Wildman–Crippen MR) is 81.8 cm³/mol. The molecule has 0 heterocycles. The monoisotopic (exact) mass is 276 g/mol. The summed E-state index contributed by atoms with van der Waals surface area (Å²) in [6.45, 7) is 4.75. The standard InChI is InChI=1S/C16H24N2O2/c1-14(13-19-3)18(2)11-12-20-16-8-6-15(7-9-16)5-4-10-17/h6-9,14H,10-13,17H2,1-3H3. The summed E-state index contributed by atoms with van der Waals surface area (Å²) in [6.07, 6.45) is 0. The van der Waals surface area contributed by atoms with Gasteiger partial charge in [-0.05, 0) is 38.2 Å². The van der Waals surface area contributed by atoms with E-state index in [2.05, 4.69) is 30.7 Å². The van der Waals surface area contributed by atoms with E-state index in [4.69, 9.17) is 15.2 Å². The Labute approximate surface area is 121 Å². The maximum atomic E-state index is 5.71. The first-order valence-corrected chi connectivity index (χ1v) is 6.78. The third-order valence-corrected chi connectivity index (χ3v) is 3.06. The number of nitrogens with two attached hydrogens (primary N) is 1. The number of methoxy groups -OCH3 is 1. The second kappa shape index (κ2) is 9.38. The number of rotatable bonds is 7. The van der Waals surface area contributed by atoms with Crippen LogP contribution in [0.2, 0.25) is 0 Å². The summed E-state index contributed by atoms with van der Waals surface area (Å²) in [5, 5.41) is 0. The molecule has 20 heavy (non-hydrogen) atoms. The summed E-state index contributed by atoms with van der Waals surface area (Å²) in [5.74, 6) is 6.66. The Hall–Kier alpha value is -1.54. The van der Waals surface area contributed by atoms with Crippen LogP contribution in [0.4, 0.5) is 0 Å². The first-order valence-electron chi connectivity index (χ1n) is 6.78. The van der Waals surface area contributed by atoms with E-state index < -0.39 is 0 Å². The Morgan fingerprint density at radius 2 is 2.00 bits per heavy atom. The van der Waals surface area contributed by atoms with Crippen molar-refractivity contribution in [3.63, 3.8) is 0 Å². The van der Waals surface area contributed by atoms with E-state index in [0.29, 0.717) is 19.2 Å². The van der Waals surface area contributed by atoms with Gasteiger partial charge in [0.2, 0.25) is 0 Å². The van der Waals surface area contributed by atoms with Crippen LogP contribution in [0.5, 0.6) is 5.75 Å². The van der Waals surface area contributed by atoms with E-state index in [-0.39, 0.29) is 0 Å². The Kier molecular flexibility index (Phi) is 7.74. The zero-order valence-electron chi connectivity index (χ0n) is 12.6. The minimum atomic E-state index is 0.379. The zero-order valence-corrected chi connectivity index (χ0v) is 12.6. The lowest BCUT2D eigenvalue weighted by Gasteiger charge is -2.23. The summed E-state index contributed by atoms with van der Waals surface area (Å²) in [4.78, 5) is 2.21. The summed E-state index contributed by atoms with van der Waals surface area (Å²) in [5.41, 5.74) is 6.29. The highest BCUT2D eigenvalue weighted by Gasteiger charge is 2.08. The van der Waals surface area contributed by atoms with Gasteiger partial charge in [-0.25, -0.2) is 0 Å². The van der Waals surface area contributed by atoms with Crippen molar-refractivity contribution in [2.24, 2.45) is 5.73 Å². The van der Waals surface area contributed by atoms with Crippen molar-refractivity contribution in [3.8, 4) is 17.6 Å². The molecule has 0 aromatic heterocycles. The van der Waals surface area contributed by atoms with Crippen molar-refractivity contribution >= 4 is 0 Å². The number of ether oxygens (including phenoxy) is 2. The maximum absolute atomic E-state index is 5.71. The fraction of sp³-hybridized carbons (Fsp3) is 0.500. The van der Waals surface area contributed by atoms with Crippen molar-refractivity contribution in [1.82, 2.24) is 4.90 Å². The van der Waals surface area contributed by atoms with E-state index >= 15 is 0 Å². The molecule has 4 nitrogen and oxygen atoms in total. The summed E-state index contributed by atoms with van der Waals surface area (Å²) < 4.78 is 10.8. The molecular weight excluding hydrogens is 252 g/mol. The topological polar surface area (TPSA) is 47.7 Å². The molecule has 0 spiro atoms. The van der Waals surface area contributed by atoms with Gasteiger partial charge in [0, 0.05) is 25.3 Å². The lowest BCUT2D eigenvalue weighted by molar-refractivity contribution is 0.105. The van der Waals surface area contributed by atoms with Gasteiger partial charge in [-0.1, -0.05) is 11.8 Å². The Morgan fingerprint density at radius 1 is 1.30 bits per heavy atom. The molecule has 1 aromatic rings. The lowest BCUT2D eigenvalue weighted by atomic mass is 10.2. The van der Waals surface area contributed by atoms with Gasteiger partial charge in [0.05, 0.1) is 13.2 Å². The van der Waals surface area contributed by atoms with Gasteiger partial charge >= 0.3 is 0 Å². The maximum Gasteiger partial charge on any atom is 0.119 e. The van der Waals surface area contributed by atoms with Crippen LogP contribution < -0.4 is 10.5 Å². The van der Waals surface area contributed by atoms with Gasteiger partial charge in [0.25, 0.3) is 0 Å². The van der Waals surface area contributed by atoms with Crippen molar-refractivity contribution in [2.45, 2.75) is 13.0 Å². The SMILES string of the molecule is COCC(C)N(C)CCOc1ccc(C#CCN)cc1. The quantitative estimate of drug-likeness (QED) is 0.764. The highest BCUT2D eigenvalue weighted by molar-refractivity contribution is 5.38. The summed E-state index contributed by atoms with van der Waals surface area (Å²) in [6, 6.07) is 8.13. The fourth-order valence-electron chi connectivity index (χ4n) is 1.68. The number of likely N-dealkylation sites (N-methyl/N-ethyl adjacent to an activating group) is 1. The van der Waals surface area contributed by atoms with Crippen LogP contribution in [0.1, 0.15) is 12.5 Å². The molecule has 0 saturated carbocycles. The molecule has 0 fully saturated rings. The van der Waals surface area contributed by atoms with E-state index in [9.17, 15) is 0 Å². The van der Waals surface area contributed by atoms with Crippen LogP contribution in [0.15, 0.2) is 24.3 Å². The second-order valence-corrected chi connectivity index (χ2v) is 4.66. The van der Waals surface area contributed by atoms with Gasteiger partial charge in [-0.2, -0.15) is 0 Å². The number of benzene rings is 1. The van der Waals surface area contributed by atoms with E-state index in [1.54, 1.807) is 7.11 Å². The first kappa shape index (κ1) is 16.5. The van der Waals surface area contributed by atoms with E-state index in [1.807, 2.05) is 24.3 Å². The average molecular weight is 276 g/mol. The number of nitrogens with zero attached hydrogens (tertiary/aromatic N) is 1. The molecule has 1 atom stereocenters. The zero-order chi connectivity index (χ0) is 14.8. The molecule has 1 aromatic carbocycles. The second-order valence-electron chi connectivity index (χ2n) is 4.66. The molecule has 1 rings (SSSR count). The van der Waals surface area contributed by atoms with Crippen molar-refractivity contribution in [3.05, 3.63) is 29.8 Å². The van der Waals surface area contributed by atoms with Crippen molar-refractivity contribution in [1.29, 1.82) is 0 Å². The van der Waals surface area contributed by atoms with E-state index in [1.165, 1.54) is 0 Å². The van der Waals surface area contributed by atoms with Gasteiger partial charge < -0.3 is 15.2 Å². The molecule has 0 radical (unpaired) electrons. The lowest BCUT2D eigenvalue weighted by Crippen LogP contribution is -2.35. The predicted octanol–water partition coefficient (Wildman–Crippen LogP) is 1.34. The molecule has 4 heteroatoms. The van der Waals surface area contributed by atoms with Crippen LogP contribution in [0.3, 0.4) is 0 Å². The molecule has 0 saturated heterocycles. The number of hydrogen-bond donors (Lipinski definition) is 1. The Bertz CT molecular complexity index is 434. The molecular formula is C16H24N2O2. The molecule has 0 aliphatic carbocycles. The first-order chi connectivity index (χ1) is 9.67. The minimum Gasteiger partial charge on any atom is -0.492 e. The van der Waals surface area contributed by atoms with Crippen molar-refractivity contribution in [2.75, 3.05) is 40.5 Å². The van der Waals surface area contributed by atoms with E-state index in [0.717, 1.165) is 24.5 Å². The smallest absolute Gasteiger partial charge is 0.119 e. The normalized spacial score (nSPS) is 11.8. The van der Waals surface area contributed by atoms with Gasteiger partial charge in [0.15, 0.2) is 0 Å². The van der Waals surface area contributed by atoms with Gasteiger partial charge in [-0.3, -0.25) is 4.90 Å². The largest absolute Gasteiger partial charge is 0.492 e. The average Bonchev–Trinajstić information content (AvgIpc) is 2.46. The third kappa shape index (κ3) is 6.07. The highest BCUT2D eigenvalue weighted by Crippen LogP contribution is 2.11. The van der Waals surface area contributed by atoms with Crippen LogP contribution in [-0.4, -0.2) is 51.4 Å². The van der Waals surface area contributed by atoms with Crippen LogP contribution in [0, 0.1) is 11.8 Å². The van der Waals surface area contributed by atoms with Gasteiger partial charge in [0.1, 0.15) is 12.4 Å². The fourth-order valence-corrected chi connectivity index (χ4v) is 1.68. The summed E-state index contributed by atoms with van der Waals surface area (Å²) in [7, 11) is 3.79. The van der Waals surface area contributed by atoms with Crippen LogP contribution >= 0.6 is 0 Å². The molecule has 2 N–H and O–H groups in total. The number of hydrogen-bond acceptors (Lipinski definition) is 4. The van der Waals surface area contributed by atoms with Crippen LogP contribution in [-0.2, 0) is 4.74 Å². The molecule has 0 amide bonds. The Morgan fingerprint density at radius 3 is 2.60 bits per heavy atom. The Balaban J connectivity index is 2.35. The third-order valence-electron chi connectivity index (χ3n) is 3.06. The molecule has 0 aliphatic heterocycles. The van der Waals surface area contributed by atoms with Gasteiger partial charge in [-0.15, -0.1) is 0 Å².